The SMILES string of the molecule is COc1ccc(S(=O)(=O)N2CCN(Cc3nc(-c4ccccc4OC)oc3C)CC2)cc1Cl. The molecule has 0 aliphatic carbocycles. The fraction of sp³-hybridized carbons (Fsp3) is 0.348. The molecular weight excluding hydrogens is 466 g/mol. The van der Waals surface area contributed by atoms with E-state index in [1.165, 1.54) is 23.5 Å². The third-order valence-electron chi connectivity index (χ3n) is 5.70. The van der Waals surface area contributed by atoms with E-state index in [4.69, 9.17) is 25.5 Å². The molecule has 176 valence electrons. The molecule has 4 rings (SSSR count). The van der Waals surface area contributed by atoms with E-state index in [0.717, 1.165) is 17.0 Å². The van der Waals surface area contributed by atoms with Gasteiger partial charge in [-0.25, -0.2) is 13.4 Å². The third kappa shape index (κ3) is 4.86. The first-order chi connectivity index (χ1) is 15.8. The van der Waals surface area contributed by atoms with Crippen molar-refractivity contribution < 1.29 is 22.3 Å². The van der Waals surface area contributed by atoms with Gasteiger partial charge in [0.25, 0.3) is 0 Å². The summed E-state index contributed by atoms with van der Waals surface area (Å²) in [6, 6.07) is 12.1. The Morgan fingerprint density at radius 2 is 1.73 bits per heavy atom. The normalized spacial score (nSPS) is 15.5. The molecule has 0 saturated carbocycles. The fourth-order valence-electron chi connectivity index (χ4n) is 3.81. The van der Waals surface area contributed by atoms with Gasteiger partial charge in [-0.1, -0.05) is 23.7 Å². The minimum Gasteiger partial charge on any atom is -0.496 e. The molecule has 2 aromatic carbocycles. The van der Waals surface area contributed by atoms with E-state index in [2.05, 4.69) is 9.88 Å². The number of halogens is 1. The van der Waals surface area contributed by atoms with E-state index in [0.29, 0.717) is 50.1 Å². The highest BCUT2D eigenvalue weighted by molar-refractivity contribution is 7.89. The minimum absolute atomic E-state index is 0.163. The standard InChI is InChI=1S/C23H26ClN3O5S/c1-16-20(25-23(32-16)18-6-4-5-7-21(18)30-2)15-26-10-12-27(13-11-26)33(28,29)17-8-9-22(31-3)19(24)14-17/h4-9,14H,10-13,15H2,1-3H3. The molecule has 1 aliphatic heterocycles. The molecule has 0 radical (unpaired) electrons. The lowest BCUT2D eigenvalue weighted by atomic mass is 10.2. The minimum atomic E-state index is -3.63. The number of oxazole rings is 1. The summed E-state index contributed by atoms with van der Waals surface area (Å²) in [5.41, 5.74) is 1.62. The molecule has 3 aromatic rings. The number of para-hydroxylation sites is 1. The van der Waals surface area contributed by atoms with Crippen molar-refractivity contribution in [2.24, 2.45) is 0 Å². The van der Waals surface area contributed by atoms with Gasteiger partial charge in [-0.3, -0.25) is 4.90 Å². The van der Waals surface area contributed by atoms with Gasteiger partial charge in [0.1, 0.15) is 17.3 Å². The highest BCUT2D eigenvalue weighted by Crippen LogP contribution is 2.31. The smallest absolute Gasteiger partial charge is 0.243 e. The topological polar surface area (TPSA) is 85.1 Å². The Balaban J connectivity index is 1.43. The molecule has 2 heterocycles. The monoisotopic (exact) mass is 491 g/mol. The maximum Gasteiger partial charge on any atom is 0.243 e. The Kier molecular flexibility index (Phi) is 6.94. The zero-order valence-electron chi connectivity index (χ0n) is 18.7. The maximum atomic E-state index is 13.0. The van der Waals surface area contributed by atoms with Gasteiger partial charge in [0.05, 0.1) is 35.4 Å². The molecule has 1 aromatic heterocycles. The van der Waals surface area contributed by atoms with Gasteiger partial charge in [0.15, 0.2) is 0 Å². The zero-order chi connectivity index (χ0) is 23.6. The van der Waals surface area contributed by atoms with Crippen molar-refractivity contribution in [1.82, 2.24) is 14.2 Å². The van der Waals surface area contributed by atoms with Gasteiger partial charge in [0, 0.05) is 32.7 Å². The van der Waals surface area contributed by atoms with E-state index in [1.54, 1.807) is 13.2 Å². The summed E-state index contributed by atoms with van der Waals surface area (Å²) in [4.78, 5) is 7.01. The molecule has 0 bridgehead atoms. The molecule has 0 spiro atoms. The van der Waals surface area contributed by atoms with Gasteiger partial charge in [0.2, 0.25) is 15.9 Å². The molecule has 0 amide bonds. The summed E-state index contributed by atoms with van der Waals surface area (Å²) in [5, 5.41) is 0.268. The summed E-state index contributed by atoms with van der Waals surface area (Å²) in [5.74, 6) is 2.38. The van der Waals surface area contributed by atoms with Gasteiger partial charge < -0.3 is 13.9 Å². The summed E-state index contributed by atoms with van der Waals surface area (Å²) >= 11 is 6.13. The Bertz CT molecular complexity index is 1240. The number of hydrogen-bond donors (Lipinski definition) is 0. The summed E-state index contributed by atoms with van der Waals surface area (Å²) < 4.78 is 44.0. The van der Waals surface area contributed by atoms with Crippen LogP contribution in [0.1, 0.15) is 11.5 Å². The maximum absolute atomic E-state index is 13.0. The summed E-state index contributed by atoms with van der Waals surface area (Å²) in [7, 11) is -0.530. The van der Waals surface area contributed by atoms with Crippen molar-refractivity contribution >= 4 is 21.6 Å². The highest BCUT2D eigenvalue weighted by atomic mass is 35.5. The average Bonchev–Trinajstić information content (AvgIpc) is 3.19. The summed E-state index contributed by atoms with van der Waals surface area (Å²) in [6.45, 7) is 4.38. The van der Waals surface area contributed by atoms with Crippen LogP contribution in [0.5, 0.6) is 11.5 Å². The first-order valence-corrected chi connectivity index (χ1v) is 12.3. The predicted octanol–water partition coefficient (Wildman–Crippen LogP) is 3.83. The number of piperazine rings is 1. The number of rotatable bonds is 7. The number of aryl methyl sites for hydroxylation is 1. The van der Waals surface area contributed by atoms with Gasteiger partial charge in [-0.05, 0) is 37.3 Å². The van der Waals surface area contributed by atoms with Crippen molar-refractivity contribution in [3.05, 3.63) is 58.9 Å². The van der Waals surface area contributed by atoms with Crippen molar-refractivity contribution in [3.63, 3.8) is 0 Å². The lowest BCUT2D eigenvalue weighted by molar-refractivity contribution is 0.179. The van der Waals surface area contributed by atoms with Crippen LogP contribution in [0, 0.1) is 6.92 Å². The van der Waals surface area contributed by atoms with Gasteiger partial charge in [-0.2, -0.15) is 4.31 Å². The van der Waals surface area contributed by atoms with Crippen LogP contribution in [0.2, 0.25) is 5.02 Å². The van der Waals surface area contributed by atoms with Crippen LogP contribution in [0.15, 0.2) is 51.8 Å². The molecule has 0 atom stereocenters. The van der Waals surface area contributed by atoms with Crippen LogP contribution < -0.4 is 9.47 Å². The van der Waals surface area contributed by atoms with Crippen molar-refractivity contribution in [2.45, 2.75) is 18.4 Å². The molecule has 10 heteroatoms. The Hall–Kier alpha value is -2.59. The average molecular weight is 492 g/mol. The Morgan fingerprint density at radius 1 is 1.03 bits per heavy atom. The van der Waals surface area contributed by atoms with E-state index in [1.807, 2.05) is 31.2 Å². The first kappa shape index (κ1) is 23.6. The van der Waals surface area contributed by atoms with Gasteiger partial charge in [-0.15, -0.1) is 0 Å². The Morgan fingerprint density at radius 3 is 2.39 bits per heavy atom. The lowest BCUT2D eigenvalue weighted by Crippen LogP contribution is -2.48. The van der Waals surface area contributed by atoms with Crippen molar-refractivity contribution in [3.8, 4) is 23.0 Å². The van der Waals surface area contributed by atoms with Crippen LogP contribution in [0.25, 0.3) is 11.5 Å². The highest BCUT2D eigenvalue weighted by Gasteiger charge is 2.29. The quantitative estimate of drug-likeness (QED) is 0.496. The molecule has 0 unspecified atom stereocenters. The van der Waals surface area contributed by atoms with E-state index in [-0.39, 0.29) is 9.92 Å². The lowest BCUT2D eigenvalue weighted by Gasteiger charge is -2.33. The van der Waals surface area contributed by atoms with Crippen LogP contribution in [0.3, 0.4) is 0 Å². The second kappa shape index (κ2) is 9.72. The number of hydrogen-bond acceptors (Lipinski definition) is 7. The summed E-state index contributed by atoms with van der Waals surface area (Å²) in [6.07, 6.45) is 0. The van der Waals surface area contributed by atoms with Crippen molar-refractivity contribution in [1.29, 1.82) is 0 Å². The fourth-order valence-corrected chi connectivity index (χ4v) is 5.58. The van der Waals surface area contributed by atoms with Crippen LogP contribution in [-0.2, 0) is 16.6 Å². The second-order valence-electron chi connectivity index (χ2n) is 7.70. The molecule has 8 nitrogen and oxygen atoms in total. The predicted molar refractivity (Wildman–Crippen MR) is 125 cm³/mol. The Labute approximate surface area is 198 Å². The molecule has 1 aliphatic rings. The number of aromatic nitrogens is 1. The van der Waals surface area contributed by atoms with E-state index in [9.17, 15) is 8.42 Å². The number of ether oxygens (including phenoxy) is 2. The molecular formula is C23H26ClN3O5S. The number of methoxy groups -OCH3 is 2. The molecule has 0 N–H and O–H groups in total. The van der Waals surface area contributed by atoms with E-state index >= 15 is 0 Å². The number of nitrogens with zero attached hydrogens (tertiary/aromatic N) is 3. The van der Waals surface area contributed by atoms with Crippen LogP contribution in [0.4, 0.5) is 0 Å². The number of benzene rings is 2. The number of sulfonamides is 1. The largest absolute Gasteiger partial charge is 0.496 e. The van der Waals surface area contributed by atoms with Gasteiger partial charge >= 0.3 is 0 Å². The third-order valence-corrected chi connectivity index (χ3v) is 7.89. The zero-order valence-corrected chi connectivity index (χ0v) is 20.3. The van der Waals surface area contributed by atoms with Crippen molar-refractivity contribution in [2.75, 3.05) is 40.4 Å². The molecule has 1 fully saturated rings. The second-order valence-corrected chi connectivity index (χ2v) is 10.0. The first-order valence-electron chi connectivity index (χ1n) is 10.5. The van der Waals surface area contributed by atoms with Crippen LogP contribution >= 0.6 is 11.6 Å². The molecule has 1 saturated heterocycles. The van der Waals surface area contributed by atoms with Crippen LogP contribution in [-0.4, -0.2) is 63.0 Å². The molecule has 33 heavy (non-hydrogen) atoms. The van der Waals surface area contributed by atoms with E-state index < -0.39 is 10.0 Å².